The van der Waals surface area contributed by atoms with Crippen molar-refractivity contribution in [1.82, 2.24) is 10.2 Å². The van der Waals surface area contributed by atoms with Crippen LogP contribution in [0.1, 0.15) is 47.9 Å². The highest BCUT2D eigenvalue weighted by molar-refractivity contribution is 5.99. The number of hydrogen-bond donors (Lipinski definition) is 4. The van der Waals surface area contributed by atoms with Gasteiger partial charge < -0.3 is 44.2 Å². The molecule has 1 aromatic heterocycles. The molecule has 3 aromatic rings. The molecule has 0 spiro atoms. The summed E-state index contributed by atoms with van der Waals surface area (Å²) in [5.41, 5.74) is 1.85. The Morgan fingerprint density at radius 1 is 1.09 bits per heavy atom. The number of furan rings is 1. The molecule has 2 aliphatic rings. The van der Waals surface area contributed by atoms with E-state index in [0.29, 0.717) is 45.8 Å². The SMILES string of the molecule is COc1cc(CO)cc2c1O[C@@H]1[C@@H](O)[C@H](N(CCC(C)C)C(=O)c3cc4cccc(OC)c4o3)C=C(C(=O)NCCO)[C@H]21. The van der Waals surface area contributed by atoms with Gasteiger partial charge in [0, 0.05) is 29.6 Å². The van der Waals surface area contributed by atoms with Crippen LogP contribution in [0.2, 0.25) is 0 Å². The second-order valence-corrected chi connectivity index (χ2v) is 11.2. The molecule has 2 aromatic carbocycles. The van der Waals surface area contributed by atoms with Gasteiger partial charge in [-0.15, -0.1) is 0 Å². The van der Waals surface area contributed by atoms with E-state index in [1.165, 1.54) is 19.1 Å². The minimum Gasteiger partial charge on any atom is -0.493 e. The van der Waals surface area contributed by atoms with Crippen LogP contribution in [0.5, 0.6) is 17.2 Å². The number of rotatable bonds is 11. The van der Waals surface area contributed by atoms with Crippen molar-refractivity contribution in [3.05, 3.63) is 64.9 Å². The van der Waals surface area contributed by atoms with Crippen LogP contribution >= 0.6 is 0 Å². The first-order valence-electron chi connectivity index (χ1n) is 14.4. The number of amides is 2. The Kier molecular flexibility index (Phi) is 8.95. The van der Waals surface area contributed by atoms with Crippen molar-refractivity contribution in [2.45, 2.75) is 51.0 Å². The van der Waals surface area contributed by atoms with E-state index in [2.05, 4.69) is 5.32 Å². The number of hydrogen-bond acceptors (Lipinski definition) is 9. The summed E-state index contributed by atoms with van der Waals surface area (Å²) >= 11 is 0. The first-order valence-corrected chi connectivity index (χ1v) is 14.4. The Bertz CT molecular complexity index is 1530. The van der Waals surface area contributed by atoms with E-state index in [4.69, 9.17) is 18.6 Å². The van der Waals surface area contributed by atoms with Gasteiger partial charge in [0.15, 0.2) is 28.6 Å². The second kappa shape index (κ2) is 12.7. The first-order chi connectivity index (χ1) is 20.7. The van der Waals surface area contributed by atoms with Crippen LogP contribution < -0.4 is 19.5 Å². The zero-order valence-electron chi connectivity index (χ0n) is 24.7. The van der Waals surface area contributed by atoms with Gasteiger partial charge in [-0.1, -0.05) is 26.0 Å². The average Bonchev–Trinajstić information content (AvgIpc) is 3.62. The Balaban J connectivity index is 1.61. The molecule has 11 nitrogen and oxygen atoms in total. The van der Waals surface area contributed by atoms with Gasteiger partial charge in [0.05, 0.1) is 39.4 Å². The number of para-hydroxylation sites is 1. The van der Waals surface area contributed by atoms with Crippen molar-refractivity contribution in [2.24, 2.45) is 5.92 Å². The van der Waals surface area contributed by atoms with Crippen molar-refractivity contribution in [1.29, 1.82) is 0 Å². The monoisotopic (exact) mass is 594 g/mol. The van der Waals surface area contributed by atoms with E-state index < -0.39 is 36.0 Å². The number of aliphatic hydroxyl groups is 3. The van der Waals surface area contributed by atoms with Gasteiger partial charge in [-0.25, -0.2) is 0 Å². The zero-order chi connectivity index (χ0) is 30.8. The first kappa shape index (κ1) is 30.4. The molecular weight excluding hydrogens is 556 g/mol. The molecule has 1 aliphatic carbocycles. The van der Waals surface area contributed by atoms with E-state index in [1.54, 1.807) is 36.4 Å². The number of fused-ring (bicyclic) bond motifs is 4. The molecule has 5 rings (SSSR count). The van der Waals surface area contributed by atoms with Gasteiger partial charge in [0.25, 0.3) is 5.91 Å². The maximum absolute atomic E-state index is 14.1. The molecule has 0 bridgehead atoms. The summed E-state index contributed by atoms with van der Waals surface area (Å²) < 4.78 is 23.2. The van der Waals surface area contributed by atoms with E-state index in [-0.39, 0.29) is 43.6 Å². The molecule has 43 heavy (non-hydrogen) atoms. The molecule has 0 saturated heterocycles. The Hall–Kier alpha value is -4.06. The lowest BCUT2D eigenvalue weighted by molar-refractivity contribution is -0.118. The minimum atomic E-state index is -1.23. The highest BCUT2D eigenvalue weighted by Gasteiger charge is 2.51. The summed E-state index contributed by atoms with van der Waals surface area (Å²) in [6.07, 6.45) is 0.0644. The molecule has 4 atom stereocenters. The standard InChI is InChI=1S/C32H38N2O9/c1-17(2)8-10-34(32(39)25-14-19-6-5-7-23(40-3)28(19)42-25)22-15-21(31(38)33-9-11-35)26-20-12-18(16-36)13-24(41-4)29(20)43-30(26)27(22)37/h5-7,12-15,17,22,26-27,30,35-37H,8-11,16H2,1-4H3,(H,33,38)/t22-,26+,27+,30+/m1/s1. The molecular formula is C32H38N2O9. The number of ether oxygens (including phenoxy) is 3. The number of nitrogens with zero attached hydrogens (tertiary/aromatic N) is 1. The number of methoxy groups -OCH3 is 2. The number of nitrogens with one attached hydrogen (secondary N) is 1. The molecule has 2 amide bonds. The summed E-state index contributed by atoms with van der Waals surface area (Å²) in [4.78, 5) is 29.2. The third-order valence-corrected chi connectivity index (χ3v) is 8.00. The molecule has 230 valence electrons. The molecule has 0 radical (unpaired) electrons. The molecule has 0 saturated carbocycles. The van der Waals surface area contributed by atoms with Crippen molar-refractivity contribution in [3.63, 3.8) is 0 Å². The van der Waals surface area contributed by atoms with Gasteiger partial charge in [-0.2, -0.15) is 0 Å². The van der Waals surface area contributed by atoms with Crippen LogP contribution in [-0.4, -0.2) is 84.2 Å². The summed E-state index contributed by atoms with van der Waals surface area (Å²) in [5, 5.41) is 34.5. The van der Waals surface area contributed by atoms with Crippen molar-refractivity contribution >= 4 is 22.8 Å². The predicted octanol–water partition coefficient (Wildman–Crippen LogP) is 2.75. The Labute approximate surface area is 249 Å². The lowest BCUT2D eigenvalue weighted by atomic mass is 9.77. The molecule has 11 heteroatoms. The van der Waals surface area contributed by atoms with Crippen LogP contribution in [0.25, 0.3) is 11.0 Å². The van der Waals surface area contributed by atoms with E-state index in [1.807, 2.05) is 19.9 Å². The van der Waals surface area contributed by atoms with Gasteiger partial charge in [0.2, 0.25) is 5.91 Å². The number of benzene rings is 2. The van der Waals surface area contributed by atoms with E-state index in [9.17, 15) is 24.9 Å². The fourth-order valence-electron chi connectivity index (χ4n) is 5.85. The largest absolute Gasteiger partial charge is 0.493 e. The van der Waals surface area contributed by atoms with Gasteiger partial charge in [-0.05, 0) is 48.2 Å². The second-order valence-electron chi connectivity index (χ2n) is 11.2. The third-order valence-electron chi connectivity index (χ3n) is 8.00. The lowest BCUT2D eigenvalue weighted by Crippen LogP contribution is -2.56. The number of carbonyl (C=O) groups excluding carboxylic acids is 2. The average molecular weight is 595 g/mol. The number of carbonyl (C=O) groups is 2. The summed E-state index contributed by atoms with van der Waals surface area (Å²) in [5.74, 6) is -0.108. The van der Waals surface area contributed by atoms with Gasteiger partial charge >= 0.3 is 0 Å². The van der Waals surface area contributed by atoms with Crippen LogP contribution in [0.4, 0.5) is 0 Å². The fraction of sp³-hybridized carbons (Fsp3) is 0.438. The fourth-order valence-corrected chi connectivity index (χ4v) is 5.85. The highest BCUT2D eigenvalue weighted by Crippen LogP contribution is 2.51. The quantitative estimate of drug-likeness (QED) is 0.263. The highest BCUT2D eigenvalue weighted by atomic mass is 16.5. The Morgan fingerprint density at radius 3 is 2.53 bits per heavy atom. The maximum Gasteiger partial charge on any atom is 0.290 e. The van der Waals surface area contributed by atoms with Crippen molar-refractivity contribution in [2.75, 3.05) is 33.9 Å². The summed E-state index contributed by atoms with van der Waals surface area (Å²) in [7, 11) is 3.00. The van der Waals surface area contributed by atoms with Crippen LogP contribution in [0.15, 0.2) is 52.5 Å². The number of aliphatic hydroxyl groups excluding tert-OH is 3. The normalized spacial score (nSPS) is 20.7. The maximum atomic E-state index is 14.1. The molecule has 0 fully saturated rings. The molecule has 0 unspecified atom stereocenters. The van der Waals surface area contributed by atoms with Crippen LogP contribution in [0.3, 0.4) is 0 Å². The van der Waals surface area contributed by atoms with Crippen molar-refractivity contribution in [3.8, 4) is 17.2 Å². The summed E-state index contributed by atoms with van der Waals surface area (Å²) in [6, 6.07) is 9.43. The van der Waals surface area contributed by atoms with Crippen LogP contribution in [-0.2, 0) is 11.4 Å². The van der Waals surface area contributed by atoms with E-state index in [0.717, 1.165) is 0 Å². The lowest BCUT2D eigenvalue weighted by Gasteiger charge is -2.40. The topological polar surface area (TPSA) is 151 Å². The van der Waals surface area contributed by atoms with E-state index >= 15 is 0 Å². The minimum absolute atomic E-state index is 0.0192. The third kappa shape index (κ3) is 5.67. The predicted molar refractivity (Wildman–Crippen MR) is 157 cm³/mol. The van der Waals surface area contributed by atoms with Gasteiger partial charge in [-0.3, -0.25) is 9.59 Å². The summed E-state index contributed by atoms with van der Waals surface area (Å²) in [6.45, 7) is 3.84. The molecule has 2 heterocycles. The smallest absolute Gasteiger partial charge is 0.290 e. The molecule has 1 aliphatic heterocycles. The Morgan fingerprint density at radius 2 is 1.86 bits per heavy atom. The zero-order valence-corrected chi connectivity index (χ0v) is 24.7. The molecule has 4 N–H and O–H groups in total. The van der Waals surface area contributed by atoms with Crippen molar-refractivity contribution < 1.29 is 43.5 Å². The van der Waals surface area contributed by atoms with Crippen LogP contribution in [0, 0.1) is 5.92 Å². The van der Waals surface area contributed by atoms with Gasteiger partial charge in [0.1, 0.15) is 12.2 Å².